The highest BCUT2D eigenvalue weighted by Crippen LogP contribution is 2.39. The molecule has 0 radical (unpaired) electrons. The third-order valence-corrected chi connectivity index (χ3v) is 11.5. The van der Waals surface area contributed by atoms with E-state index in [9.17, 15) is 19.8 Å². The van der Waals surface area contributed by atoms with Crippen LogP contribution in [-0.2, 0) is 14.9 Å². The largest absolute Gasteiger partial charge is 0.508 e. The molecule has 0 spiro atoms. The first-order chi connectivity index (χ1) is 29.5. The third-order valence-electron chi connectivity index (χ3n) is 10.6. The second-order valence-electron chi connectivity index (χ2n) is 16.9. The average Bonchev–Trinajstić information content (AvgIpc) is 3.51. The molecule has 332 valence electrons. The van der Waals surface area contributed by atoms with E-state index in [1.54, 1.807) is 55.5 Å². The lowest BCUT2D eigenvalue weighted by molar-refractivity contribution is -0.117. The minimum atomic E-state index is -1.29. The lowest BCUT2D eigenvalue weighted by atomic mass is 9.86. The van der Waals surface area contributed by atoms with E-state index in [4.69, 9.17) is 44.3 Å². The number of azo groups is 1. The molecule has 0 saturated carbocycles. The van der Waals surface area contributed by atoms with E-state index in [2.05, 4.69) is 27.6 Å². The highest BCUT2D eigenvalue weighted by molar-refractivity contribution is 6.41. The Bertz CT molecular complexity index is 2240. The van der Waals surface area contributed by atoms with Crippen molar-refractivity contribution in [2.24, 2.45) is 15.3 Å². The molecule has 1 aliphatic heterocycles. The molecule has 2 unspecified atom stereocenters. The summed E-state index contributed by atoms with van der Waals surface area (Å²) in [7, 11) is 0. The van der Waals surface area contributed by atoms with E-state index in [1.807, 2.05) is 33.8 Å². The average molecular weight is 907 g/mol. The Morgan fingerprint density at radius 3 is 2.13 bits per heavy atom. The van der Waals surface area contributed by atoms with Crippen LogP contribution in [0.25, 0.3) is 0 Å². The number of phenols is 2. The van der Waals surface area contributed by atoms with Crippen LogP contribution in [0.1, 0.15) is 125 Å². The maximum atomic E-state index is 14.0. The number of halogens is 3. The zero-order valence-corrected chi connectivity index (χ0v) is 38.7. The zero-order chi connectivity index (χ0) is 45.0. The minimum absolute atomic E-state index is 0.0131. The van der Waals surface area contributed by atoms with Crippen LogP contribution in [0.2, 0.25) is 15.1 Å². The number of nitrogens with one attached hydrogen (secondary N) is 1. The van der Waals surface area contributed by atoms with Crippen LogP contribution in [0.4, 0.5) is 17.1 Å². The van der Waals surface area contributed by atoms with Crippen molar-refractivity contribution in [1.82, 2.24) is 0 Å². The lowest BCUT2D eigenvalue weighted by Crippen LogP contribution is -2.33. The molecular weight excluding hydrogens is 849 g/mol. The molecule has 62 heavy (non-hydrogen) atoms. The highest BCUT2D eigenvalue weighted by Gasteiger charge is 2.40. The molecule has 0 fully saturated rings. The zero-order valence-electron chi connectivity index (χ0n) is 36.4. The van der Waals surface area contributed by atoms with Crippen LogP contribution in [0.3, 0.4) is 0 Å². The molecule has 1 heterocycles. The van der Waals surface area contributed by atoms with Crippen LogP contribution in [-0.4, -0.2) is 46.7 Å². The number of aromatic hydroxyl groups is 2. The first kappa shape index (κ1) is 48.2. The summed E-state index contributed by atoms with van der Waals surface area (Å²) >= 11 is 19.8. The molecule has 0 bridgehead atoms. The Kier molecular flexibility index (Phi) is 17.5. The maximum Gasteiger partial charge on any atom is 0.338 e. The Hall–Kier alpha value is -4.84. The second-order valence-corrected chi connectivity index (χ2v) is 18.1. The predicted molar refractivity (Wildman–Crippen MR) is 250 cm³/mol. The van der Waals surface area contributed by atoms with E-state index < -0.39 is 24.0 Å². The van der Waals surface area contributed by atoms with Crippen molar-refractivity contribution in [3.8, 4) is 17.2 Å². The molecule has 1 amide bonds. The van der Waals surface area contributed by atoms with Gasteiger partial charge in [0.1, 0.15) is 35.6 Å². The van der Waals surface area contributed by atoms with E-state index in [-0.39, 0.29) is 61.4 Å². The lowest BCUT2D eigenvalue weighted by Gasteiger charge is -2.23. The minimum Gasteiger partial charge on any atom is -0.508 e. The smallest absolute Gasteiger partial charge is 0.338 e. The molecule has 4 aromatic carbocycles. The van der Waals surface area contributed by atoms with Crippen LogP contribution in [0.5, 0.6) is 17.2 Å². The van der Waals surface area contributed by atoms with Gasteiger partial charge in [-0.05, 0) is 110 Å². The standard InChI is InChI=1S/C48H58Cl3N5O6/c1-7-8-9-10-11-12-13-14-15-16-17-35(62-34-20-23-42(58)36(28-34)48(4,5)6)29-61-47(60)32-18-21-37(49)40(27-32)52-45-43(54-53-33-19-22-41(57)31(3)26-33)46(59)56(55-45)44-38(50)24-30(2)25-39(44)51/h18-28,35,43,57-58H,7-17,29H2,1-6H3,(H,52,55)/b54-53+. The van der Waals surface area contributed by atoms with Gasteiger partial charge in [-0.1, -0.05) is 120 Å². The quantitative estimate of drug-likeness (QED) is 0.0455. The van der Waals surface area contributed by atoms with Gasteiger partial charge >= 0.3 is 5.97 Å². The number of aryl methyl sites for hydroxylation is 2. The number of phenolic OH excluding ortho intramolecular Hbond substituents is 2. The number of anilines is 2. The number of amidine groups is 1. The van der Waals surface area contributed by atoms with Gasteiger partial charge in [0, 0.05) is 5.56 Å². The summed E-state index contributed by atoms with van der Waals surface area (Å²) in [4.78, 5) is 27.7. The van der Waals surface area contributed by atoms with Gasteiger partial charge in [0.05, 0.1) is 32.0 Å². The summed E-state index contributed by atoms with van der Waals surface area (Å²) in [6.45, 7) is 11.8. The molecule has 0 aliphatic carbocycles. The van der Waals surface area contributed by atoms with E-state index in [1.165, 1.54) is 57.1 Å². The number of unbranched alkanes of at least 4 members (excludes halogenated alkanes) is 9. The summed E-state index contributed by atoms with van der Waals surface area (Å²) in [5.74, 6) is -0.284. The van der Waals surface area contributed by atoms with E-state index in [0.29, 0.717) is 23.4 Å². The first-order valence-electron chi connectivity index (χ1n) is 21.4. The number of carbonyl (C=O) groups excluding carboxylic acids is 2. The highest BCUT2D eigenvalue weighted by atomic mass is 35.5. The van der Waals surface area contributed by atoms with Gasteiger partial charge in [0.25, 0.3) is 5.91 Å². The van der Waals surface area contributed by atoms with Crippen molar-refractivity contribution in [2.45, 2.75) is 130 Å². The Balaban J connectivity index is 1.33. The fourth-order valence-electron chi connectivity index (χ4n) is 7.08. The van der Waals surface area contributed by atoms with Crippen molar-refractivity contribution in [2.75, 3.05) is 16.9 Å². The van der Waals surface area contributed by atoms with Crippen LogP contribution in [0.15, 0.2) is 82.1 Å². The topological polar surface area (TPSA) is 145 Å². The van der Waals surface area contributed by atoms with Gasteiger partial charge in [-0.15, -0.1) is 5.10 Å². The molecule has 1 aliphatic rings. The van der Waals surface area contributed by atoms with E-state index >= 15 is 0 Å². The summed E-state index contributed by atoms with van der Waals surface area (Å²) in [6.07, 6.45) is 12.2. The van der Waals surface area contributed by atoms with Crippen molar-refractivity contribution >= 4 is 69.6 Å². The molecule has 0 saturated heterocycles. The summed E-state index contributed by atoms with van der Waals surface area (Å²) in [6, 6.07) is 16.5. The van der Waals surface area contributed by atoms with Crippen LogP contribution < -0.4 is 15.1 Å². The number of benzene rings is 4. The van der Waals surface area contributed by atoms with Gasteiger partial charge in [-0.2, -0.15) is 15.2 Å². The maximum absolute atomic E-state index is 14.0. The SMILES string of the molecule is CCCCCCCCCCCCC(COC(=O)c1ccc(Cl)c(NC2=NN(c3c(Cl)cc(C)cc3Cl)C(=O)C2/N=N/c2ccc(O)c(C)c2)c1)Oc1ccc(O)c(C(C)(C)C)c1. The molecule has 2 atom stereocenters. The summed E-state index contributed by atoms with van der Waals surface area (Å²) in [5.41, 5.74) is 2.83. The number of ether oxygens (including phenoxy) is 2. The molecular formula is C48H58Cl3N5O6. The molecule has 5 rings (SSSR count). The van der Waals surface area contributed by atoms with Gasteiger partial charge < -0.3 is 25.0 Å². The van der Waals surface area contributed by atoms with Crippen LogP contribution >= 0.6 is 34.8 Å². The van der Waals surface area contributed by atoms with Crippen molar-refractivity contribution < 1.29 is 29.3 Å². The van der Waals surface area contributed by atoms with Gasteiger partial charge in [-0.3, -0.25) is 4.79 Å². The van der Waals surface area contributed by atoms with Gasteiger partial charge in [-0.25, -0.2) is 4.79 Å². The number of hydrogen-bond acceptors (Lipinski definition) is 10. The summed E-state index contributed by atoms with van der Waals surface area (Å²) < 4.78 is 12.3. The van der Waals surface area contributed by atoms with Crippen molar-refractivity contribution in [1.29, 1.82) is 0 Å². The number of amides is 1. The molecule has 4 aromatic rings. The molecule has 3 N–H and O–H groups in total. The predicted octanol–water partition coefficient (Wildman–Crippen LogP) is 13.8. The fraction of sp³-hybridized carbons (Fsp3) is 0.438. The monoisotopic (exact) mass is 905 g/mol. The normalized spacial score (nSPS) is 14.7. The second kappa shape index (κ2) is 22.5. The van der Waals surface area contributed by atoms with E-state index in [0.717, 1.165) is 35.4 Å². The van der Waals surface area contributed by atoms with Gasteiger partial charge in [0.15, 0.2) is 5.84 Å². The first-order valence-corrected chi connectivity index (χ1v) is 22.5. The van der Waals surface area contributed by atoms with Crippen molar-refractivity contribution in [3.05, 3.63) is 104 Å². The molecule has 0 aromatic heterocycles. The van der Waals surface area contributed by atoms with Crippen LogP contribution in [0, 0.1) is 13.8 Å². The Labute approximate surface area is 380 Å². The summed E-state index contributed by atoms with van der Waals surface area (Å²) in [5, 5.41) is 38.5. The van der Waals surface area contributed by atoms with Crippen molar-refractivity contribution in [3.63, 3.8) is 0 Å². The van der Waals surface area contributed by atoms with Gasteiger partial charge in [0.2, 0.25) is 6.04 Å². The molecule has 11 nitrogen and oxygen atoms in total. The third kappa shape index (κ3) is 13.3. The Morgan fingerprint density at radius 2 is 1.48 bits per heavy atom. The number of hydrazone groups is 1. The fourth-order valence-corrected chi connectivity index (χ4v) is 8.00. The number of carbonyl (C=O) groups is 2. The molecule has 14 heteroatoms. The number of rotatable bonds is 20. The number of hydrogen-bond donors (Lipinski definition) is 3. The Morgan fingerprint density at radius 1 is 0.839 bits per heavy atom. The number of esters is 1. The number of nitrogens with zero attached hydrogens (tertiary/aromatic N) is 4.